The van der Waals surface area contributed by atoms with Crippen molar-refractivity contribution in [2.24, 2.45) is 0 Å². The lowest BCUT2D eigenvalue weighted by Crippen LogP contribution is -1.85. The fraction of sp³-hybridized carbons (Fsp3) is 0.800. The molecule has 0 radical (unpaired) electrons. The van der Waals surface area contributed by atoms with Crippen LogP contribution < -0.4 is 0 Å². The minimum Gasteiger partial charge on any atom is -0.308 e. The van der Waals surface area contributed by atoms with E-state index in [1.165, 1.54) is 0 Å². The van der Waals surface area contributed by atoms with Gasteiger partial charge in [-0.3, -0.25) is 4.79 Å². The highest BCUT2D eigenvalue weighted by molar-refractivity contribution is 8.09. The van der Waals surface area contributed by atoms with Gasteiger partial charge < -0.3 is 4.18 Å². The summed E-state index contributed by atoms with van der Waals surface area (Å²) in [6, 6.07) is 0. The van der Waals surface area contributed by atoms with E-state index < -0.39 is 0 Å². The Labute approximate surface area is 52.8 Å². The van der Waals surface area contributed by atoms with E-state index in [0.717, 1.165) is 31.5 Å². The van der Waals surface area contributed by atoms with Gasteiger partial charge in [0.25, 0.3) is 0 Å². The lowest BCUT2D eigenvalue weighted by Gasteiger charge is -1.88. The van der Waals surface area contributed by atoms with Crippen molar-refractivity contribution in [3.63, 3.8) is 0 Å². The van der Waals surface area contributed by atoms with Gasteiger partial charge >= 0.3 is 0 Å². The molecule has 1 fully saturated rings. The zero-order valence-corrected chi connectivity index (χ0v) is 5.37. The van der Waals surface area contributed by atoms with E-state index in [1.54, 1.807) is 0 Å². The van der Waals surface area contributed by atoms with Gasteiger partial charge in [0, 0.05) is 6.42 Å². The molecule has 0 bridgehead atoms. The van der Waals surface area contributed by atoms with Gasteiger partial charge in [-0.1, -0.05) is 0 Å². The second kappa shape index (κ2) is 3.10. The Bertz CT molecular complexity index is 82.4. The number of hydrogen-bond donors (Lipinski definition) is 0. The average Bonchev–Trinajstić information content (AvgIpc) is 1.94. The van der Waals surface area contributed by atoms with Crippen LogP contribution in [-0.4, -0.2) is 11.7 Å². The molecule has 1 heterocycles. The van der Waals surface area contributed by atoms with Crippen molar-refractivity contribution in [2.75, 3.05) is 6.61 Å². The van der Waals surface area contributed by atoms with E-state index >= 15 is 0 Å². The fourth-order valence-electron chi connectivity index (χ4n) is 0.579. The van der Waals surface area contributed by atoms with E-state index in [1.807, 2.05) is 0 Å². The van der Waals surface area contributed by atoms with Crippen LogP contribution in [-0.2, 0) is 8.98 Å². The van der Waals surface area contributed by atoms with E-state index in [-0.39, 0.29) is 5.12 Å². The third-order valence-electron chi connectivity index (χ3n) is 1.01. The molecular weight excluding hydrogens is 124 g/mol. The Kier molecular flexibility index (Phi) is 2.36. The zero-order valence-electron chi connectivity index (χ0n) is 4.55. The number of hydrogen-bond acceptors (Lipinski definition) is 3. The standard InChI is InChI=1S/C5H8O2S/c6-5-3-1-2-4-7-8-5/h1-4H2. The molecule has 1 aliphatic heterocycles. The summed E-state index contributed by atoms with van der Waals surface area (Å²) in [5.74, 6) is 0. The summed E-state index contributed by atoms with van der Waals surface area (Å²) in [6.07, 6.45) is 2.70. The highest BCUT2D eigenvalue weighted by atomic mass is 32.2. The summed E-state index contributed by atoms with van der Waals surface area (Å²) in [5, 5.41) is 0.169. The van der Waals surface area contributed by atoms with Crippen molar-refractivity contribution in [1.82, 2.24) is 0 Å². The predicted octanol–water partition coefficient (Wildman–Crippen LogP) is 1.36. The topological polar surface area (TPSA) is 26.3 Å². The van der Waals surface area contributed by atoms with Gasteiger partial charge in [-0.15, -0.1) is 0 Å². The fourth-order valence-corrected chi connectivity index (χ4v) is 1.14. The monoisotopic (exact) mass is 132 g/mol. The van der Waals surface area contributed by atoms with Crippen LogP contribution in [0.15, 0.2) is 0 Å². The Morgan fingerprint density at radius 3 is 3.25 bits per heavy atom. The lowest BCUT2D eigenvalue weighted by atomic mass is 10.3. The summed E-state index contributed by atoms with van der Waals surface area (Å²) in [6.45, 7) is 0.733. The molecule has 8 heavy (non-hydrogen) atoms. The van der Waals surface area contributed by atoms with Gasteiger partial charge in [0.2, 0.25) is 5.12 Å². The highest BCUT2D eigenvalue weighted by Crippen LogP contribution is 2.15. The second-order valence-corrected chi connectivity index (χ2v) is 2.59. The van der Waals surface area contributed by atoms with Crippen molar-refractivity contribution < 1.29 is 8.98 Å². The van der Waals surface area contributed by atoms with Crippen LogP contribution in [0.3, 0.4) is 0 Å². The molecule has 0 N–H and O–H groups in total. The normalized spacial score (nSPS) is 22.8. The van der Waals surface area contributed by atoms with E-state index in [9.17, 15) is 4.79 Å². The van der Waals surface area contributed by atoms with Crippen LogP contribution in [0.1, 0.15) is 19.3 Å². The molecule has 1 saturated heterocycles. The van der Waals surface area contributed by atoms with Crippen LogP contribution in [0.2, 0.25) is 0 Å². The van der Waals surface area contributed by atoms with Gasteiger partial charge in [0.1, 0.15) is 0 Å². The minimum atomic E-state index is 0.169. The predicted molar refractivity (Wildman–Crippen MR) is 32.4 cm³/mol. The molecule has 1 rings (SSSR count). The van der Waals surface area contributed by atoms with Gasteiger partial charge in [-0.2, -0.15) is 0 Å². The maximum absolute atomic E-state index is 10.5. The van der Waals surface area contributed by atoms with Crippen LogP contribution in [0.4, 0.5) is 0 Å². The number of carbonyl (C=O) groups is 1. The molecule has 0 aliphatic carbocycles. The Balaban J connectivity index is 2.27. The smallest absolute Gasteiger partial charge is 0.215 e. The molecule has 0 aromatic heterocycles. The SMILES string of the molecule is O=C1CCCCOS1. The quantitative estimate of drug-likeness (QED) is 0.465. The Morgan fingerprint density at radius 1 is 1.50 bits per heavy atom. The van der Waals surface area contributed by atoms with Crippen LogP contribution in [0.25, 0.3) is 0 Å². The first-order valence-corrected chi connectivity index (χ1v) is 3.46. The maximum atomic E-state index is 10.5. The first-order valence-electron chi connectivity index (χ1n) is 2.72. The molecule has 0 aromatic carbocycles. The van der Waals surface area contributed by atoms with Crippen LogP contribution >= 0.6 is 12.0 Å². The average molecular weight is 132 g/mol. The van der Waals surface area contributed by atoms with Crippen LogP contribution in [0.5, 0.6) is 0 Å². The Morgan fingerprint density at radius 2 is 2.38 bits per heavy atom. The number of carbonyl (C=O) groups excluding carboxylic acids is 1. The Hall–Kier alpha value is -0.0200. The molecule has 0 spiro atoms. The molecule has 0 unspecified atom stereocenters. The minimum absolute atomic E-state index is 0.169. The molecule has 0 amide bonds. The molecule has 46 valence electrons. The van der Waals surface area contributed by atoms with E-state index in [4.69, 9.17) is 4.18 Å². The van der Waals surface area contributed by atoms with E-state index in [0.29, 0.717) is 6.42 Å². The van der Waals surface area contributed by atoms with Gasteiger partial charge in [0.15, 0.2) is 0 Å². The van der Waals surface area contributed by atoms with E-state index in [2.05, 4.69) is 0 Å². The first-order chi connectivity index (χ1) is 3.89. The molecule has 0 saturated carbocycles. The largest absolute Gasteiger partial charge is 0.308 e. The molecule has 3 heteroatoms. The summed E-state index contributed by atoms with van der Waals surface area (Å²) in [4.78, 5) is 10.5. The van der Waals surface area contributed by atoms with Crippen molar-refractivity contribution in [1.29, 1.82) is 0 Å². The van der Waals surface area contributed by atoms with Crippen molar-refractivity contribution in [2.45, 2.75) is 19.3 Å². The summed E-state index contributed by atoms with van der Waals surface area (Å²) in [5.41, 5.74) is 0. The molecule has 1 aliphatic rings. The summed E-state index contributed by atoms with van der Waals surface area (Å²) < 4.78 is 4.87. The maximum Gasteiger partial charge on any atom is 0.215 e. The second-order valence-electron chi connectivity index (χ2n) is 1.73. The van der Waals surface area contributed by atoms with Crippen molar-refractivity contribution in [3.8, 4) is 0 Å². The number of rotatable bonds is 0. The first kappa shape index (κ1) is 6.11. The molecule has 0 atom stereocenters. The molecular formula is C5H8O2S. The van der Waals surface area contributed by atoms with Crippen molar-refractivity contribution >= 4 is 17.2 Å². The van der Waals surface area contributed by atoms with Crippen LogP contribution in [0, 0.1) is 0 Å². The molecule has 2 nitrogen and oxygen atoms in total. The van der Waals surface area contributed by atoms with Gasteiger partial charge in [0.05, 0.1) is 18.6 Å². The van der Waals surface area contributed by atoms with Gasteiger partial charge in [-0.25, -0.2) is 0 Å². The third kappa shape index (κ3) is 1.84. The zero-order chi connectivity index (χ0) is 5.82. The highest BCUT2D eigenvalue weighted by Gasteiger charge is 2.06. The van der Waals surface area contributed by atoms with Gasteiger partial charge in [-0.05, 0) is 12.8 Å². The third-order valence-corrected chi connectivity index (χ3v) is 1.68. The molecule has 0 aromatic rings. The summed E-state index contributed by atoms with van der Waals surface area (Å²) in [7, 11) is 0. The summed E-state index contributed by atoms with van der Waals surface area (Å²) >= 11 is 1.000. The lowest BCUT2D eigenvalue weighted by molar-refractivity contribution is -0.111. The van der Waals surface area contributed by atoms with Crippen molar-refractivity contribution in [3.05, 3.63) is 0 Å².